The number of amides is 1. The molecule has 0 fully saturated rings. The molecule has 1 amide bonds. The van der Waals surface area contributed by atoms with Crippen LogP contribution in [0.4, 0.5) is 0 Å². The Hall–Kier alpha value is -1.04. The number of nitrogens with zero attached hydrogens (tertiary/aromatic N) is 1. The Labute approximate surface area is 73.8 Å². The number of hydrogen-bond acceptors (Lipinski definition) is 2. The normalized spacial score (nSPS) is 13.2. The van der Waals surface area contributed by atoms with Crippen molar-refractivity contribution in [1.29, 1.82) is 5.26 Å². The van der Waals surface area contributed by atoms with E-state index >= 15 is 0 Å². The van der Waals surface area contributed by atoms with Crippen molar-refractivity contribution in [1.82, 2.24) is 5.32 Å². The van der Waals surface area contributed by atoms with E-state index < -0.39 is 5.54 Å². The molecule has 0 bridgehead atoms. The quantitative estimate of drug-likeness (QED) is 0.693. The first-order valence-electron chi connectivity index (χ1n) is 4.16. The lowest BCUT2D eigenvalue weighted by Gasteiger charge is -2.19. The Kier molecular flexibility index (Phi) is 3.75. The maximum Gasteiger partial charge on any atom is 0.224 e. The highest BCUT2D eigenvalue weighted by molar-refractivity contribution is 5.79. The van der Waals surface area contributed by atoms with Gasteiger partial charge >= 0.3 is 0 Å². The van der Waals surface area contributed by atoms with Gasteiger partial charge in [-0.2, -0.15) is 5.26 Å². The molecule has 3 heteroatoms. The Morgan fingerprint density at radius 2 is 2.17 bits per heavy atom. The maximum absolute atomic E-state index is 11.3. The molecule has 0 radical (unpaired) electrons. The number of nitrogens with one attached hydrogen (secondary N) is 1. The van der Waals surface area contributed by atoms with Crippen LogP contribution in [0, 0.1) is 17.2 Å². The first-order chi connectivity index (χ1) is 5.43. The van der Waals surface area contributed by atoms with Gasteiger partial charge in [0.05, 0.1) is 6.07 Å². The molecule has 0 saturated carbocycles. The van der Waals surface area contributed by atoms with E-state index in [9.17, 15) is 4.79 Å². The summed E-state index contributed by atoms with van der Waals surface area (Å²) < 4.78 is 0. The molecule has 0 aromatic carbocycles. The zero-order chi connectivity index (χ0) is 9.78. The summed E-state index contributed by atoms with van der Waals surface area (Å²) in [6.07, 6.45) is 0.799. The smallest absolute Gasteiger partial charge is 0.224 e. The highest BCUT2D eigenvalue weighted by Gasteiger charge is 2.21. The Morgan fingerprint density at radius 1 is 1.67 bits per heavy atom. The molecule has 1 N–H and O–H groups in total. The first kappa shape index (κ1) is 11.0. The molecule has 0 aliphatic rings. The fraction of sp³-hybridized carbons (Fsp3) is 0.778. The van der Waals surface area contributed by atoms with E-state index in [2.05, 4.69) is 5.32 Å². The van der Waals surface area contributed by atoms with Crippen molar-refractivity contribution in [2.45, 2.75) is 39.7 Å². The Bertz CT molecular complexity index is 203. The van der Waals surface area contributed by atoms with Crippen molar-refractivity contribution in [3.05, 3.63) is 0 Å². The molecule has 12 heavy (non-hydrogen) atoms. The van der Waals surface area contributed by atoms with Crippen molar-refractivity contribution in [2.24, 2.45) is 5.92 Å². The van der Waals surface area contributed by atoms with E-state index in [0.29, 0.717) is 0 Å². The van der Waals surface area contributed by atoms with Gasteiger partial charge in [0.1, 0.15) is 5.54 Å². The minimum Gasteiger partial charge on any atom is -0.338 e. The monoisotopic (exact) mass is 168 g/mol. The molecule has 0 aliphatic carbocycles. The van der Waals surface area contributed by atoms with Gasteiger partial charge in [0, 0.05) is 5.92 Å². The number of hydrogen-bond donors (Lipinski definition) is 1. The molecule has 3 nitrogen and oxygen atoms in total. The number of nitriles is 1. The van der Waals surface area contributed by atoms with Gasteiger partial charge < -0.3 is 5.32 Å². The van der Waals surface area contributed by atoms with Crippen molar-refractivity contribution in [3.63, 3.8) is 0 Å². The van der Waals surface area contributed by atoms with Gasteiger partial charge in [0.15, 0.2) is 0 Å². The van der Waals surface area contributed by atoms with Gasteiger partial charge in [-0.25, -0.2) is 0 Å². The summed E-state index contributed by atoms with van der Waals surface area (Å²) in [6, 6.07) is 2.02. The van der Waals surface area contributed by atoms with E-state index in [-0.39, 0.29) is 11.8 Å². The second-order valence-electron chi connectivity index (χ2n) is 3.54. The van der Waals surface area contributed by atoms with Gasteiger partial charge in [-0.1, -0.05) is 13.8 Å². The van der Waals surface area contributed by atoms with Crippen LogP contribution in [-0.2, 0) is 4.79 Å². The summed E-state index contributed by atoms with van der Waals surface area (Å²) in [7, 11) is 0. The van der Waals surface area contributed by atoms with Gasteiger partial charge in [-0.3, -0.25) is 4.79 Å². The third-order valence-corrected chi connectivity index (χ3v) is 1.78. The average molecular weight is 168 g/mol. The van der Waals surface area contributed by atoms with E-state index in [1.54, 1.807) is 13.8 Å². The highest BCUT2D eigenvalue weighted by atomic mass is 16.2. The predicted molar refractivity (Wildman–Crippen MR) is 47.3 cm³/mol. The fourth-order valence-electron chi connectivity index (χ4n) is 0.645. The topological polar surface area (TPSA) is 52.9 Å². The molecule has 1 unspecified atom stereocenters. The summed E-state index contributed by atoms with van der Waals surface area (Å²) in [5, 5.41) is 11.3. The van der Waals surface area contributed by atoms with Gasteiger partial charge in [0.2, 0.25) is 5.91 Å². The highest BCUT2D eigenvalue weighted by Crippen LogP contribution is 2.05. The second-order valence-corrected chi connectivity index (χ2v) is 3.54. The Balaban J connectivity index is 4.12. The Morgan fingerprint density at radius 3 is 2.50 bits per heavy atom. The molecular formula is C9H16N2O. The van der Waals surface area contributed by atoms with Gasteiger partial charge in [0.25, 0.3) is 0 Å². The van der Waals surface area contributed by atoms with Gasteiger partial charge in [-0.15, -0.1) is 0 Å². The van der Waals surface area contributed by atoms with E-state index in [4.69, 9.17) is 5.26 Å². The minimum absolute atomic E-state index is 0.0161. The first-order valence-corrected chi connectivity index (χ1v) is 4.16. The number of rotatable bonds is 3. The molecule has 0 spiro atoms. The van der Waals surface area contributed by atoms with Crippen LogP contribution in [-0.4, -0.2) is 11.4 Å². The van der Waals surface area contributed by atoms with Crippen molar-refractivity contribution >= 4 is 5.91 Å². The van der Waals surface area contributed by atoms with Gasteiger partial charge in [-0.05, 0) is 20.3 Å². The van der Waals surface area contributed by atoms with E-state index in [0.717, 1.165) is 6.42 Å². The molecule has 1 atom stereocenters. The molecular weight excluding hydrogens is 152 g/mol. The third-order valence-electron chi connectivity index (χ3n) is 1.78. The summed E-state index contributed by atoms with van der Waals surface area (Å²) in [4.78, 5) is 11.3. The van der Waals surface area contributed by atoms with Crippen molar-refractivity contribution in [2.75, 3.05) is 0 Å². The second kappa shape index (κ2) is 4.10. The zero-order valence-electron chi connectivity index (χ0n) is 8.14. The van der Waals surface area contributed by atoms with Crippen molar-refractivity contribution < 1.29 is 4.79 Å². The molecule has 0 aliphatic heterocycles. The maximum atomic E-state index is 11.3. The molecule has 0 aromatic rings. The van der Waals surface area contributed by atoms with Crippen LogP contribution in [0.2, 0.25) is 0 Å². The zero-order valence-corrected chi connectivity index (χ0v) is 8.14. The van der Waals surface area contributed by atoms with Crippen LogP contribution in [0.5, 0.6) is 0 Å². The van der Waals surface area contributed by atoms with Crippen LogP contribution in [0.25, 0.3) is 0 Å². The van der Waals surface area contributed by atoms with Crippen LogP contribution in [0.15, 0.2) is 0 Å². The lowest BCUT2D eigenvalue weighted by molar-refractivity contribution is -0.125. The largest absolute Gasteiger partial charge is 0.338 e. The van der Waals surface area contributed by atoms with E-state index in [1.165, 1.54) is 0 Å². The molecule has 0 saturated heterocycles. The molecule has 68 valence electrons. The predicted octanol–water partition coefficient (Wildman–Crippen LogP) is 1.45. The molecule has 0 rings (SSSR count). The SMILES string of the molecule is CCC(C)C(=O)NC(C)(C)C#N. The standard InChI is InChI=1S/C9H16N2O/c1-5-7(2)8(12)11-9(3,4)6-10/h7H,5H2,1-4H3,(H,11,12). The minimum atomic E-state index is -0.749. The lowest BCUT2D eigenvalue weighted by Crippen LogP contribution is -2.44. The van der Waals surface area contributed by atoms with Crippen LogP contribution >= 0.6 is 0 Å². The lowest BCUT2D eigenvalue weighted by atomic mass is 10.0. The average Bonchev–Trinajstić information content (AvgIpc) is 2.02. The molecule has 0 heterocycles. The summed E-state index contributed by atoms with van der Waals surface area (Å²) >= 11 is 0. The number of carbonyl (C=O) groups is 1. The van der Waals surface area contributed by atoms with Crippen LogP contribution < -0.4 is 5.32 Å². The summed E-state index contributed by atoms with van der Waals surface area (Å²) in [5.41, 5.74) is -0.749. The molecule has 0 aromatic heterocycles. The van der Waals surface area contributed by atoms with Crippen LogP contribution in [0.1, 0.15) is 34.1 Å². The van der Waals surface area contributed by atoms with Crippen LogP contribution in [0.3, 0.4) is 0 Å². The summed E-state index contributed by atoms with van der Waals surface area (Å²) in [6.45, 7) is 7.17. The summed E-state index contributed by atoms with van der Waals surface area (Å²) in [5.74, 6) is -0.0679. The van der Waals surface area contributed by atoms with Crippen molar-refractivity contribution in [3.8, 4) is 6.07 Å². The third kappa shape index (κ3) is 3.38. The number of carbonyl (C=O) groups excluding carboxylic acids is 1. The fourth-order valence-corrected chi connectivity index (χ4v) is 0.645. The van der Waals surface area contributed by atoms with E-state index in [1.807, 2.05) is 19.9 Å².